The molecule has 2 aromatic rings. The predicted molar refractivity (Wildman–Crippen MR) is 74.4 cm³/mol. The monoisotopic (exact) mass is 275 g/mol. The van der Waals surface area contributed by atoms with Gasteiger partial charge in [-0.05, 0) is 19.4 Å². The van der Waals surface area contributed by atoms with Crippen molar-refractivity contribution in [3.63, 3.8) is 0 Å². The zero-order valence-corrected chi connectivity index (χ0v) is 11.1. The Morgan fingerprint density at radius 2 is 2.32 bits per heavy atom. The van der Waals surface area contributed by atoms with E-state index in [0.29, 0.717) is 6.42 Å². The van der Waals surface area contributed by atoms with Crippen LogP contribution in [0.4, 0.5) is 5.82 Å². The minimum absolute atomic E-state index is 0.0133. The average Bonchev–Trinajstić information content (AvgIpc) is 2.95. The lowest BCUT2D eigenvalue weighted by Gasteiger charge is -2.13. The molecule has 2 aromatic heterocycles. The third-order valence-corrected chi connectivity index (χ3v) is 4.13. The number of fused-ring (bicyclic) bond motifs is 1. The molecule has 3 rings (SSSR count). The van der Waals surface area contributed by atoms with Gasteiger partial charge in [-0.1, -0.05) is 12.2 Å². The van der Waals surface area contributed by atoms with Gasteiger partial charge in [0.15, 0.2) is 0 Å². The highest BCUT2D eigenvalue weighted by atomic mass is 32.1. The minimum atomic E-state index is -0.778. The van der Waals surface area contributed by atoms with Crippen molar-refractivity contribution in [3.05, 3.63) is 29.4 Å². The molecule has 0 spiro atoms. The molecule has 19 heavy (non-hydrogen) atoms. The van der Waals surface area contributed by atoms with Crippen LogP contribution in [0.3, 0.4) is 0 Å². The molecule has 0 fully saturated rings. The summed E-state index contributed by atoms with van der Waals surface area (Å²) in [7, 11) is 0. The van der Waals surface area contributed by atoms with Gasteiger partial charge in [0, 0.05) is 10.9 Å². The van der Waals surface area contributed by atoms with Gasteiger partial charge in [-0.3, -0.25) is 4.79 Å². The van der Waals surface area contributed by atoms with Crippen LogP contribution in [0.1, 0.15) is 11.3 Å². The van der Waals surface area contributed by atoms with E-state index in [2.05, 4.69) is 21.4 Å². The minimum Gasteiger partial charge on any atom is -0.481 e. The number of aliphatic carboxylic acids is 1. The Labute approximate surface area is 114 Å². The number of hydrogen-bond acceptors (Lipinski definition) is 5. The molecule has 5 nitrogen and oxygen atoms in total. The number of anilines is 1. The second kappa shape index (κ2) is 4.62. The van der Waals surface area contributed by atoms with Crippen molar-refractivity contribution in [2.75, 3.05) is 5.32 Å². The van der Waals surface area contributed by atoms with Crippen molar-refractivity contribution in [1.29, 1.82) is 0 Å². The zero-order valence-electron chi connectivity index (χ0n) is 10.3. The second-order valence-corrected chi connectivity index (χ2v) is 5.85. The molecule has 2 unspecified atom stereocenters. The standard InChI is InChI=1S/C13H13N3O2S/c1-7-4-10-11(14-6-15-12(10)19-7)16-9-3-2-8(5-9)13(17)18/h2-4,6,8-9H,5H2,1H3,(H,17,18)(H,14,15,16). The van der Waals surface area contributed by atoms with Crippen molar-refractivity contribution in [2.45, 2.75) is 19.4 Å². The summed E-state index contributed by atoms with van der Waals surface area (Å²) in [6, 6.07) is 2.06. The zero-order chi connectivity index (χ0) is 13.4. The van der Waals surface area contributed by atoms with Gasteiger partial charge in [0.25, 0.3) is 0 Å². The van der Waals surface area contributed by atoms with Crippen molar-refractivity contribution in [1.82, 2.24) is 9.97 Å². The molecule has 0 radical (unpaired) electrons. The highest BCUT2D eigenvalue weighted by Crippen LogP contribution is 2.29. The predicted octanol–water partition coefficient (Wildman–Crippen LogP) is 2.44. The van der Waals surface area contributed by atoms with E-state index in [-0.39, 0.29) is 6.04 Å². The van der Waals surface area contributed by atoms with E-state index in [1.807, 2.05) is 13.0 Å². The van der Waals surface area contributed by atoms with Crippen LogP contribution in [0.25, 0.3) is 10.2 Å². The third-order valence-electron chi connectivity index (χ3n) is 3.18. The van der Waals surface area contributed by atoms with E-state index >= 15 is 0 Å². The number of carboxylic acid groups (broad SMARTS) is 1. The van der Waals surface area contributed by atoms with E-state index in [9.17, 15) is 4.79 Å². The van der Waals surface area contributed by atoms with Crippen LogP contribution in [0, 0.1) is 12.8 Å². The van der Waals surface area contributed by atoms with E-state index in [1.165, 1.54) is 11.2 Å². The molecule has 6 heteroatoms. The first kappa shape index (κ1) is 12.1. The summed E-state index contributed by atoms with van der Waals surface area (Å²) in [6.45, 7) is 2.03. The molecule has 0 bridgehead atoms. The third kappa shape index (κ3) is 2.31. The van der Waals surface area contributed by atoms with Crippen LogP contribution in [-0.4, -0.2) is 27.1 Å². The molecule has 1 aliphatic rings. The van der Waals surface area contributed by atoms with Crippen LogP contribution in [0.5, 0.6) is 0 Å². The summed E-state index contributed by atoms with van der Waals surface area (Å²) in [4.78, 5) is 21.5. The summed E-state index contributed by atoms with van der Waals surface area (Å²) in [6.07, 6.45) is 5.72. The Morgan fingerprint density at radius 1 is 1.47 bits per heavy atom. The highest BCUT2D eigenvalue weighted by molar-refractivity contribution is 7.18. The van der Waals surface area contributed by atoms with Crippen molar-refractivity contribution in [2.24, 2.45) is 5.92 Å². The van der Waals surface area contributed by atoms with Crippen LogP contribution in [0.15, 0.2) is 24.5 Å². The number of nitrogens with zero attached hydrogens (tertiary/aromatic N) is 2. The smallest absolute Gasteiger partial charge is 0.310 e. The lowest BCUT2D eigenvalue weighted by molar-refractivity contribution is -0.140. The van der Waals surface area contributed by atoms with Crippen LogP contribution >= 0.6 is 11.3 Å². The van der Waals surface area contributed by atoms with E-state index in [4.69, 9.17) is 5.11 Å². The van der Waals surface area contributed by atoms with E-state index < -0.39 is 11.9 Å². The number of aromatic nitrogens is 2. The first-order chi connectivity index (χ1) is 9.13. The Morgan fingerprint density at radius 3 is 3.05 bits per heavy atom. The van der Waals surface area contributed by atoms with Crippen molar-refractivity contribution >= 4 is 33.3 Å². The average molecular weight is 275 g/mol. The molecule has 0 amide bonds. The Kier molecular flexibility index (Phi) is 2.94. The number of aryl methyl sites for hydroxylation is 1. The van der Waals surface area contributed by atoms with Crippen molar-refractivity contribution < 1.29 is 9.90 Å². The normalized spacial score (nSPS) is 21.9. The lowest BCUT2D eigenvalue weighted by Crippen LogP contribution is -2.19. The first-order valence-corrected chi connectivity index (χ1v) is 6.84. The SMILES string of the molecule is Cc1cc2c(NC3C=CC(C(=O)O)C3)ncnc2s1. The topological polar surface area (TPSA) is 75.1 Å². The molecule has 0 aromatic carbocycles. The van der Waals surface area contributed by atoms with Gasteiger partial charge in [0.05, 0.1) is 11.3 Å². The quantitative estimate of drug-likeness (QED) is 0.841. The number of carboxylic acids is 1. The molecular weight excluding hydrogens is 262 g/mol. The number of hydrogen-bond donors (Lipinski definition) is 2. The number of thiophene rings is 1. The number of carbonyl (C=O) groups is 1. The molecule has 0 aliphatic heterocycles. The molecule has 98 valence electrons. The maximum absolute atomic E-state index is 10.9. The van der Waals surface area contributed by atoms with Crippen LogP contribution in [0.2, 0.25) is 0 Å². The fraction of sp³-hybridized carbons (Fsp3) is 0.308. The Balaban J connectivity index is 1.83. The molecule has 2 N–H and O–H groups in total. The number of nitrogens with one attached hydrogen (secondary N) is 1. The molecule has 1 aliphatic carbocycles. The van der Waals surface area contributed by atoms with Gasteiger partial charge in [-0.25, -0.2) is 9.97 Å². The Bertz CT molecular complexity index is 665. The second-order valence-electron chi connectivity index (χ2n) is 4.61. The summed E-state index contributed by atoms with van der Waals surface area (Å²) in [5, 5.41) is 13.3. The fourth-order valence-electron chi connectivity index (χ4n) is 2.26. The maximum atomic E-state index is 10.9. The molecule has 0 saturated carbocycles. The fourth-order valence-corrected chi connectivity index (χ4v) is 3.10. The molecule has 2 atom stereocenters. The van der Waals surface area contributed by atoms with E-state index in [1.54, 1.807) is 17.4 Å². The first-order valence-electron chi connectivity index (χ1n) is 6.02. The summed E-state index contributed by atoms with van der Waals surface area (Å²) >= 11 is 1.63. The lowest BCUT2D eigenvalue weighted by atomic mass is 10.1. The van der Waals surface area contributed by atoms with Gasteiger partial charge in [0.1, 0.15) is 17.0 Å². The van der Waals surface area contributed by atoms with Gasteiger partial charge in [0.2, 0.25) is 0 Å². The van der Waals surface area contributed by atoms with Gasteiger partial charge in [-0.2, -0.15) is 0 Å². The molecular formula is C13H13N3O2S. The number of rotatable bonds is 3. The summed E-state index contributed by atoms with van der Waals surface area (Å²) in [5.41, 5.74) is 0. The van der Waals surface area contributed by atoms with Crippen LogP contribution in [-0.2, 0) is 4.79 Å². The molecule has 2 heterocycles. The Hall–Kier alpha value is -1.95. The maximum Gasteiger partial charge on any atom is 0.310 e. The van der Waals surface area contributed by atoms with Gasteiger partial charge < -0.3 is 10.4 Å². The van der Waals surface area contributed by atoms with Crippen molar-refractivity contribution in [3.8, 4) is 0 Å². The highest BCUT2D eigenvalue weighted by Gasteiger charge is 2.24. The summed E-state index contributed by atoms with van der Waals surface area (Å²) in [5.74, 6) is -0.408. The van der Waals surface area contributed by atoms with Crippen LogP contribution < -0.4 is 5.32 Å². The summed E-state index contributed by atoms with van der Waals surface area (Å²) < 4.78 is 0. The molecule has 0 saturated heterocycles. The largest absolute Gasteiger partial charge is 0.481 e. The van der Waals surface area contributed by atoms with Gasteiger partial charge in [-0.15, -0.1) is 11.3 Å². The van der Waals surface area contributed by atoms with E-state index in [0.717, 1.165) is 16.0 Å². The van der Waals surface area contributed by atoms with Gasteiger partial charge >= 0.3 is 5.97 Å².